The summed E-state index contributed by atoms with van der Waals surface area (Å²) < 4.78 is 1.42. The van der Waals surface area contributed by atoms with Gasteiger partial charge in [-0.3, -0.25) is 9.36 Å². The number of rotatable bonds is 2. The fourth-order valence-electron chi connectivity index (χ4n) is 2.35. The molecule has 1 aromatic heterocycles. The van der Waals surface area contributed by atoms with E-state index < -0.39 is 0 Å². The Kier molecular flexibility index (Phi) is 3.55. The molecule has 0 fully saturated rings. The maximum atomic E-state index is 12.5. The highest BCUT2D eigenvalue weighted by Crippen LogP contribution is 2.23. The molecule has 1 heterocycles. The second kappa shape index (κ2) is 5.66. The van der Waals surface area contributed by atoms with Gasteiger partial charge in [0.1, 0.15) is 17.5 Å². The van der Waals surface area contributed by atoms with Crippen molar-refractivity contribution in [1.82, 2.24) is 9.55 Å². The van der Waals surface area contributed by atoms with Crippen molar-refractivity contribution in [2.75, 3.05) is 0 Å². The van der Waals surface area contributed by atoms with Crippen LogP contribution in [-0.2, 0) is 7.05 Å². The summed E-state index contributed by atoms with van der Waals surface area (Å²) in [6.07, 6.45) is 0. The number of aromatic nitrogens is 2. The second-order valence-corrected chi connectivity index (χ2v) is 4.87. The first-order valence-corrected chi connectivity index (χ1v) is 6.84. The molecule has 22 heavy (non-hydrogen) atoms. The maximum Gasteiger partial charge on any atom is 0.272 e. The lowest BCUT2D eigenvalue weighted by Crippen LogP contribution is -2.24. The van der Waals surface area contributed by atoms with Gasteiger partial charge in [0.25, 0.3) is 5.56 Å². The zero-order valence-corrected chi connectivity index (χ0v) is 12.0. The summed E-state index contributed by atoms with van der Waals surface area (Å²) >= 11 is 0. The van der Waals surface area contributed by atoms with Gasteiger partial charge in [0.2, 0.25) is 0 Å². The molecule has 4 nitrogen and oxygen atoms in total. The molecule has 0 aliphatic heterocycles. The average molecular weight is 287 g/mol. The van der Waals surface area contributed by atoms with E-state index in [1.807, 2.05) is 66.7 Å². The van der Waals surface area contributed by atoms with Crippen LogP contribution in [0.3, 0.4) is 0 Å². The Labute approximate surface area is 127 Å². The molecule has 0 saturated heterocycles. The third-order valence-corrected chi connectivity index (χ3v) is 3.48. The molecule has 106 valence electrons. The van der Waals surface area contributed by atoms with Crippen molar-refractivity contribution in [3.8, 4) is 28.7 Å². The van der Waals surface area contributed by atoms with E-state index >= 15 is 0 Å². The molecule has 0 amide bonds. The molecule has 4 heteroatoms. The van der Waals surface area contributed by atoms with Crippen LogP contribution < -0.4 is 5.56 Å². The minimum Gasteiger partial charge on any atom is -0.295 e. The number of nitrogens with zero attached hydrogens (tertiary/aromatic N) is 3. The van der Waals surface area contributed by atoms with Gasteiger partial charge in [-0.15, -0.1) is 0 Å². The number of benzene rings is 2. The fraction of sp³-hybridized carbons (Fsp3) is 0.0556. The van der Waals surface area contributed by atoms with Crippen molar-refractivity contribution in [3.63, 3.8) is 0 Å². The van der Waals surface area contributed by atoms with Crippen molar-refractivity contribution in [2.45, 2.75) is 0 Å². The first-order chi connectivity index (χ1) is 10.7. The van der Waals surface area contributed by atoms with Gasteiger partial charge in [0, 0.05) is 18.2 Å². The van der Waals surface area contributed by atoms with Gasteiger partial charge in [-0.25, -0.2) is 4.98 Å². The first kappa shape index (κ1) is 13.8. The zero-order valence-electron chi connectivity index (χ0n) is 12.0. The minimum atomic E-state index is -0.338. The van der Waals surface area contributed by atoms with Crippen molar-refractivity contribution < 1.29 is 0 Å². The molecular formula is C18H13N3O. The molecule has 0 atom stereocenters. The van der Waals surface area contributed by atoms with Gasteiger partial charge in [-0.05, 0) is 0 Å². The van der Waals surface area contributed by atoms with Crippen LogP contribution >= 0.6 is 0 Å². The average Bonchev–Trinajstić information content (AvgIpc) is 2.58. The third kappa shape index (κ3) is 2.29. The largest absolute Gasteiger partial charge is 0.295 e. The highest BCUT2D eigenvalue weighted by molar-refractivity contribution is 5.69. The van der Waals surface area contributed by atoms with E-state index in [9.17, 15) is 10.1 Å². The van der Waals surface area contributed by atoms with E-state index in [1.54, 1.807) is 7.05 Å². The van der Waals surface area contributed by atoms with E-state index in [2.05, 4.69) is 4.98 Å². The second-order valence-electron chi connectivity index (χ2n) is 4.87. The predicted octanol–water partition coefficient (Wildman–Crippen LogP) is 2.99. The Morgan fingerprint density at radius 1 is 0.955 bits per heavy atom. The smallest absolute Gasteiger partial charge is 0.272 e. The van der Waals surface area contributed by atoms with E-state index in [0.717, 1.165) is 11.1 Å². The molecular weight excluding hydrogens is 274 g/mol. The summed E-state index contributed by atoms with van der Waals surface area (Å²) in [6.45, 7) is 0. The van der Waals surface area contributed by atoms with Gasteiger partial charge in [-0.1, -0.05) is 60.7 Å². The van der Waals surface area contributed by atoms with Gasteiger partial charge in [0.15, 0.2) is 0 Å². The summed E-state index contributed by atoms with van der Waals surface area (Å²) in [6, 6.07) is 20.7. The molecule has 0 spiro atoms. The molecule has 2 aromatic carbocycles. The Balaban J connectivity index is 2.34. The molecule has 3 rings (SSSR count). The lowest BCUT2D eigenvalue weighted by molar-refractivity contribution is 0.835. The van der Waals surface area contributed by atoms with Crippen molar-refractivity contribution >= 4 is 0 Å². The molecule has 3 aromatic rings. The van der Waals surface area contributed by atoms with Gasteiger partial charge < -0.3 is 0 Å². The summed E-state index contributed by atoms with van der Waals surface area (Å²) in [5.41, 5.74) is 1.74. The van der Waals surface area contributed by atoms with Gasteiger partial charge in [-0.2, -0.15) is 5.26 Å². The Morgan fingerprint density at radius 2 is 1.50 bits per heavy atom. The normalized spacial score (nSPS) is 10.2. The highest BCUT2D eigenvalue weighted by Gasteiger charge is 2.16. The van der Waals surface area contributed by atoms with Crippen molar-refractivity contribution in [3.05, 3.63) is 76.6 Å². The quantitative estimate of drug-likeness (QED) is 0.728. The molecule has 0 N–H and O–H groups in total. The molecule has 0 aliphatic carbocycles. The molecule has 0 bridgehead atoms. The summed E-state index contributed by atoms with van der Waals surface area (Å²) in [7, 11) is 1.63. The van der Waals surface area contributed by atoms with Crippen LogP contribution in [0.2, 0.25) is 0 Å². The Hall–Kier alpha value is -3.19. The van der Waals surface area contributed by atoms with Crippen LogP contribution in [0.1, 0.15) is 5.56 Å². The van der Waals surface area contributed by atoms with Crippen molar-refractivity contribution in [1.29, 1.82) is 5.26 Å². The number of hydrogen-bond acceptors (Lipinski definition) is 3. The molecule has 0 radical (unpaired) electrons. The predicted molar refractivity (Wildman–Crippen MR) is 85.1 cm³/mol. The third-order valence-electron chi connectivity index (χ3n) is 3.48. The van der Waals surface area contributed by atoms with Crippen LogP contribution in [0.4, 0.5) is 0 Å². The Morgan fingerprint density at radius 3 is 2.05 bits per heavy atom. The SMILES string of the molecule is Cn1c(-c2ccccc2)nc(-c2ccccc2)c(C#N)c1=O. The minimum absolute atomic E-state index is 0.0633. The van der Waals surface area contributed by atoms with Crippen LogP contribution in [0.15, 0.2) is 65.5 Å². The van der Waals surface area contributed by atoms with E-state index in [1.165, 1.54) is 4.57 Å². The monoisotopic (exact) mass is 287 g/mol. The van der Waals surface area contributed by atoms with E-state index in [4.69, 9.17) is 0 Å². The summed E-state index contributed by atoms with van der Waals surface area (Å²) in [5.74, 6) is 0.545. The fourth-order valence-corrected chi connectivity index (χ4v) is 2.35. The standard InChI is InChI=1S/C18H13N3O/c1-21-17(14-10-6-3-7-11-14)20-16(15(12-19)18(21)22)13-8-4-2-5-9-13/h2-11H,1H3. The van der Waals surface area contributed by atoms with Crippen LogP contribution in [0.5, 0.6) is 0 Å². The molecule has 0 aliphatic rings. The lowest BCUT2D eigenvalue weighted by Gasteiger charge is -2.11. The zero-order chi connectivity index (χ0) is 15.5. The highest BCUT2D eigenvalue weighted by atomic mass is 16.1. The molecule has 0 saturated carbocycles. The molecule has 0 unspecified atom stereocenters. The van der Waals surface area contributed by atoms with Crippen LogP contribution in [0.25, 0.3) is 22.6 Å². The van der Waals surface area contributed by atoms with Gasteiger partial charge in [0.05, 0.1) is 5.69 Å². The topological polar surface area (TPSA) is 58.7 Å². The maximum absolute atomic E-state index is 12.5. The van der Waals surface area contributed by atoms with Crippen molar-refractivity contribution in [2.24, 2.45) is 7.05 Å². The summed E-state index contributed by atoms with van der Waals surface area (Å²) in [4.78, 5) is 17.1. The van der Waals surface area contributed by atoms with Gasteiger partial charge >= 0.3 is 0 Å². The van der Waals surface area contributed by atoms with E-state index in [0.29, 0.717) is 11.5 Å². The van der Waals surface area contributed by atoms with Crippen LogP contribution in [0, 0.1) is 11.3 Å². The number of nitriles is 1. The summed E-state index contributed by atoms with van der Waals surface area (Å²) in [5, 5.41) is 9.34. The number of hydrogen-bond donors (Lipinski definition) is 0. The van der Waals surface area contributed by atoms with Crippen LogP contribution in [-0.4, -0.2) is 9.55 Å². The Bertz CT molecular complexity index is 907. The first-order valence-electron chi connectivity index (χ1n) is 6.84. The lowest BCUT2D eigenvalue weighted by atomic mass is 10.1. The van der Waals surface area contributed by atoms with E-state index in [-0.39, 0.29) is 11.1 Å².